The van der Waals surface area contributed by atoms with E-state index in [0.29, 0.717) is 17.4 Å². The molecule has 1 aromatic carbocycles. The Kier molecular flexibility index (Phi) is 3.53. The highest BCUT2D eigenvalue weighted by atomic mass is 16.5. The molecule has 0 bridgehead atoms. The summed E-state index contributed by atoms with van der Waals surface area (Å²) in [5, 5.41) is 0. The van der Waals surface area contributed by atoms with Crippen LogP contribution < -0.4 is 15.2 Å². The second kappa shape index (κ2) is 5.10. The Hall–Kier alpha value is -2.01. The van der Waals surface area contributed by atoms with Crippen LogP contribution in [0.3, 0.4) is 0 Å². The largest absolute Gasteiger partial charge is 0.497 e. The zero-order valence-corrected chi connectivity index (χ0v) is 10.6. The number of ether oxygens (including phenoxy) is 2. The van der Waals surface area contributed by atoms with Crippen molar-refractivity contribution < 1.29 is 13.9 Å². The molecule has 5 nitrogen and oxygen atoms in total. The lowest BCUT2D eigenvalue weighted by molar-refractivity contribution is 0.393. The second-order valence-electron chi connectivity index (χ2n) is 3.92. The Labute approximate surface area is 106 Å². The summed E-state index contributed by atoms with van der Waals surface area (Å²) in [5.41, 5.74) is 6.53. The Balaban J connectivity index is 2.42. The van der Waals surface area contributed by atoms with Gasteiger partial charge in [0.05, 0.1) is 32.0 Å². The predicted octanol–water partition coefficient (Wildman–Crippen LogP) is 2.38. The first-order valence-corrected chi connectivity index (χ1v) is 5.59. The van der Waals surface area contributed by atoms with Crippen molar-refractivity contribution in [3.05, 3.63) is 30.3 Å². The van der Waals surface area contributed by atoms with Crippen LogP contribution in [0.4, 0.5) is 0 Å². The summed E-state index contributed by atoms with van der Waals surface area (Å²) in [6.45, 7) is 1.82. The zero-order chi connectivity index (χ0) is 13.1. The minimum atomic E-state index is -0.233. The first kappa shape index (κ1) is 12.4. The first-order chi connectivity index (χ1) is 8.65. The molecule has 2 N–H and O–H groups in total. The quantitative estimate of drug-likeness (QED) is 0.899. The smallest absolute Gasteiger partial charge is 0.211 e. The van der Waals surface area contributed by atoms with E-state index in [1.54, 1.807) is 26.5 Å². The molecule has 2 aromatic rings. The fourth-order valence-corrected chi connectivity index (χ4v) is 1.62. The molecule has 0 saturated heterocycles. The summed E-state index contributed by atoms with van der Waals surface area (Å²) in [6.07, 6.45) is 1.64. The number of methoxy groups -OCH3 is 2. The summed E-state index contributed by atoms with van der Waals surface area (Å²) in [4.78, 5) is 4.13. The van der Waals surface area contributed by atoms with Gasteiger partial charge in [-0.05, 0) is 19.1 Å². The fourth-order valence-electron chi connectivity index (χ4n) is 1.62. The third-order valence-corrected chi connectivity index (χ3v) is 2.59. The number of hydrogen-bond acceptors (Lipinski definition) is 5. The van der Waals surface area contributed by atoms with Gasteiger partial charge in [0.25, 0.3) is 0 Å². The van der Waals surface area contributed by atoms with E-state index in [4.69, 9.17) is 19.6 Å². The van der Waals surface area contributed by atoms with Crippen molar-refractivity contribution in [3.8, 4) is 22.8 Å². The van der Waals surface area contributed by atoms with Crippen LogP contribution in [0.5, 0.6) is 11.5 Å². The minimum absolute atomic E-state index is 0.233. The molecule has 0 aliphatic rings. The lowest BCUT2D eigenvalue weighted by Crippen LogP contribution is -2.04. The number of rotatable bonds is 4. The highest BCUT2D eigenvalue weighted by molar-refractivity contribution is 5.66. The zero-order valence-electron chi connectivity index (χ0n) is 10.6. The number of hydrogen-bond donors (Lipinski definition) is 1. The van der Waals surface area contributed by atoms with E-state index < -0.39 is 0 Å². The normalized spacial score (nSPS) is 12.2. The van der Waals surface area contributed by atoms with Crippen LogP contribution in [0, 0.1) is 0 Å². The van der Waals surface area contributed by atoms with Gasteiger partial charge < -0.3 is 19.6 Å². The number of oxazole rings is 1. The molecular formula is C13H16N2O3. The maximum absolute atomic E-state index is 5.71. The van der Waals surface area contributed by atoms with Crippen molar-refractivity contribution in [2.24, 2.45) is 5.73 Å². The topological polar surface area (TPSA) is 70.5 Å². The standard InChI is InChI=1S/C13H16N2O3/c1-8(14)13-15-7-12(18-13)10-5-4-9(16-2)6-11(10)17-3/h4-8H,14H2,1-3H3. The van der Waals surface area contributed by atoms with Crippen LogP contribution in [0.25, 0.3) is 11.3 Å². The van der Waals surface area contributed by atoms with Crippen molar-refractivity contribution in [3.63, 3.8) is 0 Å². The van der Waals surface area contributed by atoms with Gasteiger partial charge in [-0.15, -0.1) is 0 Å². The molecule has 1 atom stereocenters. The number of aromatic nitrogens is 1. The van der Waals surface area contributed by atoms with Crippen LogP contribution in [0.1, 0.15) is 18.9 Å². The molecule has 0 aliphatic heterocycles. The lowest BCUT2D eigenvalue weighted by atomic mass is 10.1. The molecule has 0 radical (unpaired) electrons. The highest BCUT2D eigenvalue weighted by Crippen LogP contribution is 2.34. The van der Waals surface area contributed by atoms with Gasteiger partial charge in [-0.3, -0.25) is 0 Å². The van der Waals surface area contributed by atoms with Crippen molar-refractivity contribution >= 4 is 0 Å². The minimum Gasteiger partial charge on any atom is -0.497 e. The highest BCUT2D eigenvalue weighted by Gasteiger charge is 2.14. The average Bonchev–Trinajstić information content (AvgIpc) is 2.87. The average molecular weight is 248 g/mol. The first-order valence-electron chi connectivity index (χ1n) is 5.59. The summed E-state index contributed by atoms with van der Waals surface area (Å²) in [6, 6.07) is 5.27. The fraction of sp³-hybridized carbons (Fsp3) is 0.308. The summed E-state index contributed by atoms with van der Waals surface area (Å²) >= 11 is 0. The third kappa shape index (κ3) is 2.31. The molecule has 1 unspecified atom stereocenters. The monoisotopic (exact) mass is 248 g/mol. The van der Waals surface area contributed by atoms with Gasteiger partial charge in [-0.1, -0.05) is 0 Å². The molecule has 1 heterocycles. The molecule has 2 rings (SSSR count). The van der Waals surface area contributed by atoms with Crippen molar-refractivity contribution in [2.75, 3.05) is 14.2 Å². The molecule has 96 valence electrons. The van der Waals surface area contributed by atoms with Crippen molar-refractivity contribution in [1.29, 1.82) is 0 Å². The Bertz CT molecular complexity index is 535. The van der Waals surface area contributed by atoms with Gasteiger partial charge in [-0.25, -0.2) is 4.98 Å². The molecule has 0 spiro atoms. The molecule has 0 fully saturated rings. The van der Waals surface area contributed by atoms with Crippen molar-refractivity contribution in [1.82, 2.24) is 4.98 Å². The molecule has 0 aliphatic carbocycles. The maximum atomic E-state index is 5.71. The van der Waals surface area contributed by atoms with E-state index >= 15 is 0 Å². The lowest BCUT2D eigenvalue weighted by Gasteiger charge is -2.08. The van der Waals surface area contributed by atoms with Gasteiger partial charge in [0.15, 0.2) is 5.76 Å². The SMILES string of the molecule is COc1ccc(-c2cnc(C(C)N)o2)c(OC)c1. The van der Waals surface area contributed by atoms with Crippen LogP contribution >= 0.6 is 0 Å². The van der Waals surface area contributed by atoms with E-state index in [0.717, 1.165) is 11.3 Å². The number of benzene rings is 1. The Morgan fingerprint density at radius 2 is 2.06 bits per heavy atom. The Morgan fingerprint density at radius 1 is 1.28 bits per heavy atom. The molecule has 5 heteroatoms. The predicted molar refractivity (Wildman–Crippen MR) is 67.6 cm³/mol. The van der Waals surface area contributed by atoms with Gasteiger partial charge in [-0.2, -0.15) is 0 Å². The molecule has 0 saturated carbocycles. The Morgan fingerprint density at radius 3 is 2.61 bits per heavy atom. The van der Waals surface area contributed by atoms with Gasteiger partial charge in [0.2, 0.25) is 5.89 Å². The molecule has 1 aromatic heterocycles. The van der Waals surface area contributed by atoms with Crippen molar-refractivity contribution in [2.45, 2.75) is 13.0 Å². The number of nitrogens with two attached hydrogens (primary N) is 1. The van der Waals surface area contributed by atoms with E-state index in [9.17, 15) is 0 Å². The summed E-state index contributed by atoms with van der Waals surface area (Å²) in [5.74, 6) is 2.52. The van der Waals surface area contributed by atoms with Crippen LogP contribution in [-0.4, -0.2) is 19.2 Å². The summed E-state index contributed by atoms with van der Waals surface area (Å²) in [7, 11) is 3.21. The van der Waals surface area contributed by atoms with Crippen LogP contribution in [0.2, 0.25) is 0 Å². The van der Waals surface area contributed by atoms with E-state index in [-0.39, 0.29) is 6.04 Å². The molecule has 0 amide bonds. The van der Waals surface area contributed by atoms with E-state index in [2.05, 4.69) is 4.98 Å². The summed E-state index contributed by atoms with van der Waals surface area (Å²) < 4.78 is 16.0. The van der Waals surface area contributed by atoms with Gasteiger partial charge >= 0.3 is 0 Å². The van der Waals surface area contributed by atoms with Crippen LogP contribution in [0.15, 0.2) is 28.8 Å². The second-order valence-corrected chi connectivity index (χ2v) is 3.92. The van der Waals surface area contributed by atoms with E-state index in [1.165, 1.54) is 0 Å². The van der Waals surface area contributed by atoms with E-state index in [1.807, 2.05) is 19.1 Å². The molecular weight excluding hydrogens is 232 g/mol. The van der Waals surface area contributed by atoms with Crippen LogP contribution in [-0.2, 0) is 0 Å². The number of nitrogens with zero attached hydrogens (tertiary/aromatic N) is 1. The van der Waals surface area contributed by atoms with Gasteiger partial charge in [0, 0.05) is 6.07 Å². The molecule has 18 heavy (non-hydrogen) atoms. The maximum Gasteiger partial charge on any atom is 0.211 e. The van der Waals surface area contributed by atoms with Gasteiger partial charge in [0.1, 0.15) is 11.5 Å². The third-order valence-electron chi connectivity index (χ3n) is 2.59.